The highest BCUT2D eigenvalue weighted by Gasteiger charge is 2.13. The zero-order valence-corrected chi connectivity index (χ0v) is 10.1. The summed E-state index contributed by atoms with van der Waals surface area (Å²) in [6.45, 7) is 3.82. The van der Waals surface area contributed by atoms with E-state index in [1.807, 2.05) is 27.0 Å². The maximum Gasteiger partial charge on any atom is 0.303 e. The second kappa shape index (κ2) is 4.16. The number of fused-ring (bicyclic) bond motifs is 1. The van der Waals surface area contributed by atoms with Crippen molar-refractivity contribution in [3.05, 3.63) is 23.5 Å². The van der Waals surface area contributed by atoms with E-state index in [2.05, 4.69) is 10.1 Å². The van der Waals surface area contributed by atoms with Gasteiger partial charge in [0.2, 0.25) is 0 Å². The first kappa shape index (κ1) is 11.6. The van der Waals surface area contributed by atoms with Crippen molar-refractivity contribution < 1.29 is 9.90 Å². The highest BCUT2D eigenvalue weighted by Crippen LogP contribution is 2.23. The van der Waals surface area contributed by atoms with Crippen LogP contribution in [0.25, 0.3) is 11.0 Å². The van der Waals surface area contributed by atoms with Crippen LogP contribution in [0.2, 0.25) is 0 Å². The zero-order valence-electron chi connectivity index (χ0n) is 10.1. The molecule has 1 unspecified atom stereocenters. The Kier molecular flexibility index (Phi) is 2.83. The zero-order chi connectivity index (χ0) is 12.6. The first-order valence-electron chi connectivity index (χ1n) is 5.50. The molecule has 0 fully saturated rings. The predicted molar refractivity (Wildman–Crippen MR) is 63.9 cm³/mol. The normalized spacial score (nSPS) is 12.9. The van der Waals surface area contributed by atoms with Crippen LogP contribution in [0, 0.1) is 6.92 Å². The molecule has 17 heavy (non-hydrogen) atoms. The molecule has 2 rings (SSSR count). The third-order valence-electron chi connectivity index (χ3n) is 2.93. The van der Waals surface area contributed by atoms with Crippen molar-refractivity contribution in [1.29, 1.82) is 0 Å². The number of carbonyl (C=O) groups is 1. The van der Waals surface area contributed by atoms with Crippen molar-refractivity contribution >= 4 is 17.0 Å². The molecule has 2 aromatic rings. The van der Waals surface area contributed by atoms with Gasteiger partial charge in [0.05, 0.1) is 12.1 Å². The first-order chi connectivity index (χ1) is 7.99. The number of rotatable bonds is 3. The molecule has 0 aliphatic heterocycles. The number of hydrogen-bond donors (Lipinski definition) is 1. The van der Waals surface area contributed by atoms with Crippen molar-refractivity contribution in [2.45, 2.75) is 26.2 Å². The number of carboxylic acid groups (broad SMARTS) is 1. The molecule has 0 aliphatic carbocycles. The topological polar surface area (TPSA) is 68.0 Å². The van der Waals surface area contributed by atoms with Crippen molar-refractivity contribution in [3.63, 3.8) is 0 Å². The Morgan fingerprint density at radius 2 is 2.29 bits per heavy atom. The smallest absolute Gasteiger partial charge is 0.303 e. The van der Waals surface area contributed by atoms with Crippen molar-refractivity contribution in [2.75, 3.05) is 0 Å². The molecule has 0 saturated heterocycles. The molecular formula is C12H15N3O2. The van der Waals surface area contributed by atoms with Gasteiger partial charge in [0, 0.05) is 18.6 Å². The molecular weight excluding hydrogens is 218 g/mol. The minimum Gasteiger partial charge on any atom is -0.481 e. The number of aromatic nitrogens is 3. The van der Waals surface area contributed by atoms with Crippen molar-refractivity contribution in [3.8, 4) is 0 Å². The molecule has 0 saturated carbocycles. The number of aryl methyl sites for hydroxylation is 2. The van der Waals surface area contributed by atoms with Crippen LogP contribution in [-0.4, -0.2) is 25.8 Å². The van der Waals surface area contributed by atoms with Gasteiger partial charge >= 0.3 is 5.97 Å². The second-order valence-electron chi connectivity index (χ2n) is 4.35. The van der Waals surface area contributed by atoms with Gasteiger partial charge in [-0.05, 0) is 24.5 Å². The van der Waals surface area contributed by atoms with Crippen molar-refractivity contribution in [1.82, 2.24) is 14.8 Å². The average Bonchev–Trinajstić information content (AvgIpc) is 2.53. The Labute approximate surface area is 99.1 Å². The lowest BCUT2D eigenvalue weighted by Gasteiger charge is -2.08. The fraction of sp³-hybridized carbons (Fsp3) is 0.417. The average molecular weight is 233 g/mol. The summed E-state index contributed by atoms with van der Waals surface area (Å²) in [5.41, 5.74) is 2.68. The highest BCUT2D eigenvalue weighted by molar-refractivity contribution is 5.79. The summed E-state index contributed by atoms with van der Waals surface area (Å²) >= 11 is 0. The standard InChI is InChI=1S/C12H15N3O2/c1-7(4-11(16)17)9-5-10-8(2)14-15(3)12(10)13-6-9/h5-7H,4H2,1-3H3,(H,16,17). The molecule has 1 atom stereocenters. The SMILES string of the molecule is Cc1nn(C)c2ncc(C(C)CC(=O)O)cc12. The molecule has 90 valence electrons. The van der Waals surface area contributed by atoms with E-state index in [0.29, 0.717) is 0 Å². The molecule has 0 amide bonds. The number of nitrogens with zero attached hydrogens (tertiary/aromatic N) is 3. The molecule has 1 N–H and O–H groups in total. The summed E-state index contributed by atoms with van der Waals surface area (Å²) < 4.78 is 1.73. The maximum absolute atomic E-state index is 10.7. The van der Waals surface area contributed by atoms with E-state index in [1.54, 1.807) is 10.9 Å². The molecule has 5 heteroatoms. The number of pyridine rings is 1. The molecule has 0 radical (unpaired) electrons. The third-order valence-corrected chi connectivity index (χ3v) is 2.93. The Morgan fingerprint density at radius 3 is 2.94 bits per heavy atom. The summed E-state index contributed by atoms with van der Waals surface area (Å²) in [4.78, 5) is 15.0. The maximum atomic E-state index is 10.7. The van der Waals surface area contributed by atoms with Gasteiger partial charge < -0.3 is 5.11 Å². The van der Waals surface area contributed by atoms with Crippen LogP contribution in [0.1, 0.15) is 30.5 Å². The third kappa shape index (κ3) is 2.13. The van der Waals surface area contributed by atoms with Gasteiger partial charge in [0.15, 0.2) is 5.65 Å². The lowest BCUT2D eigenvalue weighted by Crippen LogP contribution is -2.03. The van der Waals surface area contributed by atoms with E-state index < -0.39 is 5.97 Å². The molecule has 0 aromatic carbocycles. The lowest BCUT2D eigenvalue weighted by molar-refractivity contribution is -0.137. The van der Waals surface area contributed by atoms with Gasteiger partial charge in [0.25, 0.3) is 0 Å². The minimum atomic E-state index is -0.791. The number of hydrogen-bond acceptors (Lipinski definition) is 3. The van der Waals surface area contributed by atoms with E-state index >= 15 is 0 Å². The summed E-state index contributed by atoms with van der Waals surface area (Å²) in [6, 6.07) is 1.98. The summed E-state index contributed by atoms with van der Waals surface area (Å²) in [6.07, 6.45) is 1.85. The summed E-state index contributed by atoms with van der Waals surface area (Å²) in [5.74, 6) is -0.829. The lowest BCUT2D eigenvalue weighted by atomic mass is 9.99. The van der Waals surface area contributed by atoms with E-state index in [0.717, 1.165) is 22.3 Å². The van der Waals surface area contributed by atoms with Gasteiger partial charge in [-0.2, -0.15) is 5.10 Å². The Morgan fingerprint density at radius 1 is 1.59 bits per heavy atom. The Balaban J connectivity index is 2.44. The highest BCUT2D eigenvalue weighted by atomic mass is 16.4. The second-order valence-corrected chi connectivity index (χ2v) is 4.35. The van der Waals surface area contributed by atoms with E-state index in [9.17, 15) is 4.79 Å². The van der Waals surface area contributed by atoms with E-state index in [1.165, 1.54) is 0 Å². The van der Waals surface area contributed by atoms with Crippen molar-refractivity contribution in [2.24, 2.45) is 7.05 Å². The minimum absolute atomic E-state index is 0.0380. The monoisotopic (exact) mass is 233 g/mol. The van der Waals surface area contributed by atoms with Gasteiger partial charge in [-0.3, -0.25) is 9.48 Å². The number of aliphatic carboxylic acids is 1. The molecule has 0 bridgehead atoms. The molecule has 0 aliphatic rings. The largest absolute Gasteiger partial charge is 0.481 e. The molecule has 2 heterocycles. The van der Waals surface area contributed by atoms with Crippen LogP contribution in [0.3, 0.4) is 0 Å². The molecule has 0 spiro atoms. The Bertz CT molecular complexity index is 574. The van der Waals surface area contributed by atoms with Gasteiger partial charge in [-0.25, -0.2) is 4.98 Å². The van der Waals surface area contributed by atoms with E-state index in [-0.39, 0.29) is 12.3 Å². The van der Waals surface area contributed by atoms with Crippen LogP contribution in [0.5, 0.6) is 0 Å². The predicted octanol–water partition coefficient (Wildman–Crippen LogP) is 1.85. The fourth-order valence-electron chi connectivity index (χ4n) is 1.97. The molecule has 2 aromatic heterocycles. The van der Waals surface area contributed by atoms with Crippen LogP contribution < -0.4 is 0 Å². The Hall–Kier alpha value is -1.91. The van der Waals surface area contributed by atoms with Crippen LogP contribution in [-0.2, 0) is 11.8 Å². The van der Waals surface area contributed by atoms with Crippen LogP contribution in [0.4, 0.5) is 0 Å². The first-order valence-corrected chi connectivity index (χ1v) is 5.50. The summed E-state index contributed by atoms with van der Waals surface area (Å²) in [7, 11) is 1.85. The van der Waals surface area contributed by atoms with Gasteiger partial charge in [-0.15, -0.1) is 0 Å². The number of carboxylic acids is 1. The van der Waals surface area contributed by atoms with Gasteiger partial charge in [-0.1, -0.05) is 6.92 Å². The van der Waals surface area contributed by atoms with Gasteiger partial charge in [0.1, 0.15) is 0 Å². The van der Waals surface area contributed by atoms with E-state index in [4.69, 9.17) is 5.11 Å². The quantitative estimate of drug-likeness (QED) is 0.878. The van der Waals surface area contributed by atoms with Crippen LogP contribution >= 0.6 is 0 Å². The molecule has 5 nitrogen and oxygen atoms in total. The van der Waals surface area contributed by atoms with Crippen LogP contribution in [0.15, 0.2) is 12.3 Å². The summed E-state index contributed by atoms with van der Waals surface area (Å²) in [5, 5.41) is 14.1. The fourth-order valence-corrected chi connectivity index (χ4v) is 1.97.